The Morgan fingerprint density at radius 3 is 2.72 bits per heavy atom. The van der Waals surface area contributed by atoms with Crippen molar-refractivity contribution in [2.75, 3.05) is 18.5 Å². The molecule has 190 valence electrons. The fourth-order valence-electron chi connectivity index (χ4n) is 4.80. The Morgan fingerprint density at radius 1 is 1.08 bits per heavy atom. The van der Waals surface area contributed by atoms with Gasteiger partial charge in [-0.1, -0.05) is 6.07 Å². The van der Waals surface area contributed by atoms with Gasteiger partial charge in [-0.3, -0.25) is 0 Å². The molecule has 9 nitrogen and oxygen atoms in total. The molecule has 3 heterocycles. The fraction of sp³-hybridized carbons (Fsp3) is 0.481. The highest BCUT2D eigenvalue weighted by atomic mass is 16.6. The van der Waals surface area contributed by atoms with E-state index >= 15 is 0 Å². The lowest BCUT2D eigenvalue weighted by Gasteiger charge is -2.31. The largest absolute Gasteiger partial charge is 0.484 e. The molecule has 36 heavy (non-hydrogen) atoms. The van der Waals surface area contributed by atoms with Gasteiger partial charge in [0.2, 0.25) is 5.95 Å². The molecule has 0 unspecified atom stereocenters. The first-order chi connectivity index (χ1) is 17.2. The van der Waals surface area contributed by atoms with Gasteiger partial charge >= 0.3 is 6.09 Å². The molecular weight excluding hydrogens is 458 g/mol. The van der Waals surface area contributed by atoms with Crippen LogP contribution < -0.4 is 20.1 Å². The summed E-state index contributed by atoms with van der Waals surface area (Å²) in [4.78, 5) is 26.0. The van der Waals surface area contributed by atoms with E-state index in [9.17, 15) is 4.79 Å². The van der Waals surface area contributed by atoms with Crippen LogP contribution >= 0.6 is 0 Å². The third-order valence-electron chi connectivity index (χ3n) is 6.37. The van der Waals surface area contributed by atoms with Crippen molar-refractivity contribution in [3.8, 4) is 22.8 Å². The van der Waals surface area contributed by atoms with Crippen LogP contribution in [0.25, 0.3) is 22.0 Å². The number of pyridine rings is 1. The number of amides is 1. The second-order valence-electron chi connectivity index (χ2n) is 10.4. The summed E-state index contributed by atoms with van der Waals surface area (Å²) in [5.41, 5.74) is 3.19. The highest BCUT2D eigenvalue weighted by Crippen LogP contribution is 2.39. The smallest absolute Gasteiger partial charge is 0.407 e. The van der Waals surface area contributed by atoms with Crippen LogP contribution in [0.3, 0.4) is 0 Å². The molecule has 3 aromatic rings. The summed E-state index contributed by atoms with van der Waals surface area (Å²) in [5, 5.41) is 7.48. The molecule has 0 bridgehead atoms. The van der Waals surface area contributed by atoms with E-state index in [4.69, 9.17) is 24.2 Å². The standard InChI is InChI=1S/C27H33N5O4/c1-16-21-14-17(20-10-11-28-24-23(20)34-12-13-35-24)8-9-22(21)32-25(29-16)30-18-6-5-7-19(15-18)31-26(33)36-27(2,3)4/h8-11,14,18-19H,5-7,12-13,15H2,1-4H3,(H,31,33)(H,29,30,32)/t18-,19+/m1/s1. The number of hydrogen-bond donors (Lipinski definition) is 2. The third kappa shape index (κ3) is 5.45. The average Bonchev–Trinajstić information content (AvgIpc) is 2.82. The van der Waals surface area contributed by atoms with E-state index in [1.165, 1.54) is 0 Å². The molecule has 2 N–H and O–H groups in total. The van der Waals surface area contributed by atoms with Crippen LogP contribution in [-0.2, 0) is 4.74 Å². The van der Waals surface area contributed by atoms with Crippen molar-refractivity contribution in [1.82, 2.24) is 20.3 Å². The molecule has 1 amide bonds. The Labute approximate surface area is 211 Å². The topological polar surface area (TPSA) is 107 Å². The minimum Gasteiger partial charge on any atom is -0.484 e. The van der Waals surface area contributed by atoms with Crippen LogP contribution in [0, 0.1) is 6.92 Å². The van der Waals surface area contributed by atoms with Crippen LogP contribution in [0.1, 0.15) is 52.1 Å². The Kier molecular flexibility index (Phi) is 6.55. The highest BCUT2D eigenvalue weighted by molar-refractivity contribution is 5.88. The number of nitrogens with one attached hydrogen (secondary N) is 2. The van der Waals surface area contributed by atoms with Crippen LogP contribution in [0.5, 0.6) is 11.6 Å². The lowest BCUT2D eigenvalue weighted by molar-refractivity contribution is 0.0492. The van der Waals surface area contributed by atoms with Crippen molar-refractivity contribution in [3.05, 3.63) is 36.2 Å². The number of aryl methyl sites for hydroxylation is 1. The average molecular weight is 492 g/mol. The van der Waals surface area contributed by atoms with Gasteiger partial charge in [-0.25, -0.2) is 19.7 Å². The first kappa shape index (κ1) is 24.1. The Balaban J connectivity index is 1.31. The molecule has 1 fully saturated rings. The first-order valence-electron chi connectivity index (χ1n) is 12.5. The lowest BCUT2D eigenvalue weighted by Crippen LogP contribution is -2.44. The molecular formula is C27H33N5O4. The van der Waals surface area contributed by atoms with Gasteiger partial charge in [0, 0.05) is 29.2 Å². The van der Waals surface area contributed by atoms with Gasteiger partial charge in [0.25, 0.3) is 5.88 Å². The molecule has 2 atom stereocenters. The SMILES string of the molecule is Cc1nc(N[C@@H]2CCC[C@H](NC(=O)OC(C)(C)C)C2)nc2ccc(-c3ccnc4c3OCCO4)cc12. The van der Waals surface area contributed by atoms with Gasteiger partial charge in [-0.05, 0) is 77.1 Å². The number of carbonyl (C=O) groups is 1. The van der Waals surface area contributed by atoms with Crippen LogP contribution in [-0.4, -0.2) is 51.9 Å². The quantitative estimate of drug-likeness (QED) is 0.524. The second-order valence-corrected chi connectivity index (χ2v) is 10.4. The van der Waals surface area contributed by atoms with Crippen molar-refractivity contribution in [3.63, 3.8) is 0 Å². The van der Waals surface area contributed by atoms with E-state index in [2.05, 4.69) is 21.7 Å². The summed E-state index contributed by atoms with van der Waals surface area (Å²) in [5.74, 6) is 1.80. The van der Waals surface area contributed by atoms with Gasteiger partial charge in [-0.15, -0.1) is 0 Å². The molecule has 2 aromatic heterocycles. The van der Waals surface area contributed by atoms with Crippen LogP contribution in [0.4, 0.5) is 10.7 Å². The molecule has 1 aromatic carbocycles. The first-order valence-corrected chi connectivity index (χ1v) is 12.5. The molecule has 2 aliphatic rings. The molecule has 5 rings (SSSR count). The van der Waals surface area contributed by atoms with E-state index in [0.717, 1.165) is 53.4 Å². The van der Waals surface area contributed by atoms with Crippen LogP contribution in [0.15, 0.2) is 30.5 Å². The summed E-state index contributed by atoms with van der Waals surface area (Å²) in [6.45, 7) is 8.61. The van der Waals surface area contributed by atoms with Crippen molar-refractivity contribution >= 4 is 22.9 Å². The van der Waals surface area contributed by atoms with Gasteiger partial charge < -0.3 is 24.8 Å². The van der Waals surface area contributed by atoms with Crippen LogP contribution in [0.2, 0.25) is 0 Å². The maximum atomic E-state index is 12.2. The monoisotopic (exact) mass is 491 g/mol. The normalized spacial score (nSPS) is 19.6. The van der Waals surface area contributed by atoms with Gasteiger partial charge in [0.05, 0.1) is 11.2 Å². The zero-order valence-electron chi connectivity index (χ0n) is 21.3. The summed E-state index contributed by atoms with van der Waals surface area (Å²) in [6.07, 6.45) is 5.11. The number of nitrogens with zero attached hydrogens (tertiary/aromatic N) is 3. The Bertz CT molecular complexity index is 1270. The number of carbonyl (C=O) groups excluding carboxylic acids is 1. The molecule has 0 saturated heterocycles. The second kappa shape index (κ2) is 9.79. The highest BCUT2D eigenvalue weighted by Gasteiger charge is 2.26. The van der Waals surface area contributed by atoms with Gasteiger partial charge in [-0.2, -0.15) is 0 Å². The number of fused-ring (bicyclic) bond motifs is 2. The summed E-state index contributed by atoms with van der Waals surface area (Å²) in [6, 6.07) is 8.31. The molecule has 9 heteroatoms. The van der Waals surface area contributed by atoms with Crippen molar-refractivity contribution in [2.45, 2.75) is 71.1 Å². The molecule has 0 radical (unpaired) electrons. The van der Waals surface area contributed by atoms with E-state index in [-0.39, 0.29) is 18.2 Å². The number of rotatable bonds is 4. The van der Waals surface area contributed by atoms with E-state index in [0.29, 0.717) is 30.8 Å². The Hall–Kier alpha value is -3.62. The summed E-state index contributed by atoms with van der Waals surface area (Å²) in [7, 11) is 0. The van der Waals surface area contributed by atoms with Crippen molar-refractivity contribution < 1.29 is 19.0 Å². The summed E-state index contributed by atoms with van der Waals surface area (Å²) < 4.78 is 16.9. The zero-order chi connectivity index (χ0) is 25.3. The third-order valence-corrected chi connectivity index (χ3v) is 6.37. The maximum absolute atomic E-state index is 12.2. The number of alkyl carbamates (subject to hydrolysis) is 1. The minimum absolute atomic E-state index is 0.0627. The Morgan fingerprint density at radius 2 is 1.89 bits per heavy atom. The predicted molar refractivity (Wildman–Crippen MR) is 138 cm³/mol. The van der Waals surface area contributed by atoms with E-state index < -0.39 is 5.60 Å². The fourth-order valence-corrected chi connectivity index (χ4v) is 4.80. The molecule has 1 saturated carbocycles. The van der Waals surface area contributed by atoms with Gasteiger partial charge in [0.15, 0.2) is 5.75 Å². The molecule has 0 spiro atoms. The number of hydrogen-bond acceptors (Lipinski definition) is 8. The van der Waals surface area contributed by atoms with E-state index in [1.807, 2.05) is 45.9 Å². The number of anilines is 1. The maximum Gasteiger partial charge on any atom is 0.407 e. The number of ether oxygens (including phenoxy) is 3. The molecule has 1 aliphatic heterocycles. The van der Waals surface area contributed by atoms with Crippen molar-refractivity contribution in [1.29, 1.82) is 0 Å². The minimum atomic E-state index is -0.510. The summed E-state index contributed by atoms with van der Waals surface area (Å²) >= 11 is 0. The van der Waals surface area contributed by atoms with E-state index in [1.54, 1.807) is 6.20 Å². The number of aromatic nitrogens is 3. The van der Waals surface area contributed by atoms with Crippen molar-refractivity contribution in [2.24, 2.45) is 0 Å². The van der Waals surface area contributed by atoms with Gasteiger partial charge in [0.1, 0.15) is 18.8 Å². The molecule has 1 aliphatic carbocycles. The zero-order valence-corrected chi connectivity index (χ0v) is 21.3. The lowest BCUT2D eigenvalue weighted by atomic mass is 9.91. The number of benzene rings is 1. The predicted octanol–water partition coefficient (Wildman–Crippen LogP) is 5.02.